The molecule has 2 aromatic carbocycles. The van der Waals surface area contributed by atoms with Crippen LogP contribution in [0.4, 0.5) is 4.39 Å². The Kier molecular flexibility index (Phi) is 7.21. The molecule has 3 rings (SSSR count). The molecule has 5 nitrogen and oxygen atoms in total. The monoisotopic (exact) mass is 411 g/mol. The molecule has 0 aromatic heterocycles. The van der Waals surface area contributed by atoms with Gasteiger partial charge in [0.05, 0.1) is 0 Å². The fourth-order valence-corrected chi connectivity index (χ4v) is 3.69. The number of halogens is 1. The van der Waals surface area contributed by atoms with Crippen LogP contribution in [0.2, 0.25) is 0 Å². The van der Waals surface area contributed by atoms with Crippen LogP contribution in [0.1, 0.15) is 35.3 Å². The van der Waals surface area contributed by atoms with Crippen LogP contribution in [0, 0.1) is 18.7 Å². The maximum Gasteiger partial charge on any atom is 0.251 e. The molecule has 1 atom stereocenters. The molecule has 0 aliphatic carbocycles. The average Bonchev–Trinajstić information content (AvgIpc) is 2.74. The zero-order valence-electron chi connectivity index (χ0n) is 17.9. The lowest BCUT2D eigenvalue weighted by Crippen LogP contribution is -2.56. The summed E-state index contributed by atoms with van der Waals surface area (Å²) in [5.74, 6) is -0.866. The van der Waals surface area contributed by atoms with E-state index < -0.39 is 11.9 Å². The van der Waals surface area contributed by atoms with Crippen molar-refractivity contribution < 1.29 is 14.0 Å². The molecule has 0 unspecified atom stereocenters. The molecular weight excluding hydrogens is 381 g/mol. The Balaban J connectivity index is 1.58. The van der Waals surface area contributed by atoms with Gasteiger partial charge in [-0.2, -0.15) is 0 Å². The first-order chi connectivity index (χ1) is 14.3. The van der Waals surface area contributed by atoms with E-state index >= 15 is 0 Å². The van der Waals surface area contributed by atoms with Crippen LogP contribution in [0.3, 0.4) is 0 Å². The van der Waals surface area contributed by atoms with Crippen molar-refractivity contribution in [3.8, 4) is 0 Å². The lowest BCUT2D eigenvalue weighted by molar-refractivity contribution is -0.136. The van der Waals surface area contributed by atoms with Crippen molar-refractivity contribution in [2.24, 2.45) is 5.92 Å². The standard InChI is InChI=1S/C24H30FN3O2/c1-17(2)22(26-23(29)19-8-10-21(25)11-9-19)24(30)28-14-12-27(13-15-28)16-20-7-5-4-6-18(20)3/h4-11,17,22H,12-16H2,1-3H3,(H,26,29)/t22-/m0/s1. The largest absolute Gasteiger partial charge is 0.340 e. The molecule has 160 valence electrons. The van der Waals surface area contributed by atoms with Crippen LogP contribution in [0.25, 0.3) is 0 Å². The molecule has 6 heteroatoms. The van der Waals surface area contributed by atoms with E-state index in [2.05, 4.69) is 35.3 Å². The summed E-state index contributed by atoms with van der Waals surface area (Å²) in [5, 5.41) is 2.84. The van der Waals surface area contributed by atoms with Crippen LogP contribution >= 0.6 is 0 Å². The normalized spacial score (nSPS) is 15.8. The summed E-state index contributed by atoms with van der Waals surface area (Å²) in [6.07, 6.45) is 0. The second-order valence-corrected chi connectivity index (χ2v) is 8.23. The third kappa shape index (κ3) is 5.45. The van der Waals surface area contributed by atoms with Crippen LogP contribution in [0.5, 0.6) is 0 Å². The van der Waals surface area contributed by atoms with Gasteiger partial charge in [0.2, 0.25) is 5.91 Å². The summed E-state index contributed by atoms with van der Waals surface area (Å²) in [7, 11) is 0. The average molecular weight is 412 g/mol. The lowest BCUT2D eigenvalue weighted by atomic mass is 10.0. The summed E-state index contributed by atoms with van der Waals surface area (Å²) >= 11 is 0. The Labute approximate surface area is 177 Å². The van der Waals surface area contributed by atoms with Crippen molar-refractivity contribution in [3.63, 3.8) is 0 Å². The highest BCUT2D eigenvalue weighted by Gasteiger charge is 2.31. The molecule has 1 fully saturated rings. The van der Waals surface area contributed by atoms with E-state index in [0.29, 0.717) is 18.7 Å². The van der Waals surface area contributed by atoms with Gasteiger partial charge in [0, 0.05) is 38.3 Å². The zero-order valence-corrected chi connectivity index (χ0v) is 17.9. The number of piperazine rings is 1. The minimum Gasteiger partial charge on any atom is -0.340 e. The van der Waals surface area contributed by atoms with Crippen molar-refractivity contribution >= 4 is 11.8 Å². The number of aryl methyl sites for hydroxylation is 1. The third-order valence-corrected chi connectivity index (χ3v) is 5.66. The van der Waals surface area contributed by atoms with Crippen molar-refractivity contribution in [1.82, 2.24) is 15.1 Å². The summed E-state index contributed by atoms with van der Waals surface area (Å²) in [4.78, 5) is 29.8. The summed E-state index contributed by atoms with van der Waals surface area (Å²) in [6.45, 7) is 9.72. The van der Waals surface area contributed by atoms with Gasteiger partial charge < -0.3 is 10.2 Å². The Morgan fingerprint density at radius 1 is 1.00 bits per heavy atom. The fourth-order valence-electron chi connectivity index (χ4n) is 3.69. The van der Waals surface area contributed by atoms with Crippen LogP contribution in [-0.2, 0) is 11.3 Å². The number of carbonyl (C=O) groups is 2. The smallest absolute Gasteiger partial charge is 0.251 e. The zero-order chi connectivity index (χ0) is 21.7. The van der Waals surface area contributed by atoms with Gasteiger partial charge in [-0.15, -0.1) is 0 Å². The maximum atomic E-state index is 13.1. The number of rotatable bonds is 6. The van der Waals surface area contributed by atoms with Gasteiger partial charge in [0.15, 0.2) is 0 Å². The Morgan fingerprint density at radius 3 is 2.23 bits per heavy atom. The van der Waals surface area contributed by atoms with Crippen molar-refractivity contribution in [1.29, 1.82) is 0 Å². The molecule has 2 aromatic rings. The van der Waals surface area contributed by atoms with Crippen LogP contribution in [-0.4, -0.2) is 53.8 Å². The van der Waals surface area contributed by atoms with E-state index in [1.54, 1.807) is 0 Å². The Hall–Kier alpha value is -2.73. The first-order valence-electron chi connectivity index (χ1n) is 10.5. The minimum atomic E-state index is -0.606. The first kappa shape index (κ1) is 22.0. The van der Waals surface area contributed by atoms with E-state index in [1.165, 1.54) is 35.4 Å². The molecule has 1 heterocycles. The van der Waals surface area contributed by atoms with Crippen molar-refractivity contribution in [2.45, 2.75) is 33.4 Å². The van der Waals surface area contributed by atoms with E-state index in [4.69, 9.17) is 0 Å². The SMILES string of the molecule is Cc1ccccc1CN1CCN(C(=O)[C@@H](NC(=O)c2ccc(F)cc2)C(C)C)CC1. The van der Waals surface area contributed by atoms with Crippen LogP contribution in [0.15, 0.2) is 48.5 Å². The molecule has 0 radical (unpaired) electrons. The molecule has 1 saturated heterocycles. The summed E-state index contributed by atoms with van der Waals surface area (Å²) in [5.41, 5.74) is 2.93. The molecule has 2 amide bonds. The van der Waals surface area contributed by atoms with Gasteiger partial charge >= 0.3 is 0 Å². The maximum absolute atomic E-state index is 13.1. The van der Waals surface area contributed by atoms with Gasteiger partial charge in [0.1, 0.15) is 11.9 Å². The summed E-state index contributed by atoms with van der Waals surface area (Å²) in [6, 6.07) is 13.1. The summed E-state index contributed by atoms with van der Waals surface area (Å²) < 4.78 is 13.1. The van der Waals surface area contributed by atoms with Gasteiger partial charge in [-0.1, -0.05) is 38.1 Å². The molecule has 0 bridgehead atoms. The molecule has 1 aliphatic rings. The second-order valence-electron chi connectivity index (χ2n) is 8.23. The van der Waals surface area contributed by atoms with Crippen molar-refractivity contribution in [3.05, 3.63) is 71.0 Å². The highest BCUT2D eigenvalue weighted by atomic mass is 19.1. The second kappa shape index (κ2) is 9.85. The highest BCUT2D eigenvalue weighted by molar-refractivity contribution is 5.97. The minimum absolute atomic E-state index is 0.0492. The van der Waals surface area contributed by atoms with E-state index in [0.717, 1.165) is 19.6 Å². The number of nitrogens with zero attached hydrogens (tertiary/aromatic N) is 2. The fraction of sp³-hybridized carbons (Fsp3) is 0.417. The van der Waals surface area contributed by atoms with E-state index in [9.17, 15) is 14.0 Å². The molecule has 1 aliphatic heterocycles. The van der Waals surface area contributed by atoms with Crippen molar-refractivity contribution in [2.75, 3.05) is 26.2 Å². The lowest BCUT2D eigenvalue weighted by Gasteiger charge is -2.37. The highest BCUT2D eigenvalue weighted by Crippen LogP contribution is 2.15. The van der Waals surface area contributed by atoms with Crippen LogP contribution < -0.4 is 5.32 Å². The van der Waals surface area contributed by atoms with Gasteiger partial charge in [0.25, 0.3) is 5.91 Å². The van der Waals surface area contributed by atoms with E-state index in [1.807, 2.05) is 24.8 Å². The molecule has 0 spiro atoms. The van der Waals surface area contributed by atoms with Gasteiger partial charge in [-0.05, 0) is 48.2 Å². The molecule has 0 saturated carbocycles. The number of carbonyl (C=O) groups excluding carboxylic acids is 2. The molecule has 1 N–H and O–H groups in total. The number of amides is 2. The van der Waals surface area contributed by atoms with E-state index in [-0.39, 0.29) is 17.7 Å². The number of hydrogen-bond donors (Lipinski definition) is 1. The number of benzene rings is 2. The number of nitrogens with one attached hydrogen (secondary N) is 1. The van der Waals surface area contributed by atoms with Gasteiger partial charge in [-0.25, -0.2) is 4.39 Å². The molecule has 30 heavy (non-hydrogen) atoms. The number of hydrogen-bond acceptors (Lipinski definition) is 3. The third-order valence-electron chi connectivity index (χ3n) is 5.66. The quantitative estimate of drug-likeness (QED) is 0.794. The topological polar surface area (TPSA) is 52.6 Å². The predicted molar refractivity (Wildman–Crippen MR) is 116 cm³/mol. The Bertz CT molecular complexity index is 874. The van der Waals surface area contributed by atoms with Gasteiger partial charge in [-0.3, -0.25) is 14.5 Å². The first-order valence-corrected chi connectivity index (χ1v) is 10.5. The Morgan fingerprint density at radius 2 is 1.63 bits per heavy atom. The molecular formula is C24H30FN3O2. The predicted octanol–water partition coefficient (Wildman–Crippen LogP) is 3.23.